The van der Waals surface area contributed by atoms with E-state index in [1.54, 1.807) is 0 Å². The Morgan fingerprint density at radius 2 is 1.09 bits per heavy atom. The first-order valence-corrected chi connectivity index (χ1v) is 11.9. The first-order valence-electron chi connectivity index (χ1n) is 11.9. The molecule has 0 aliphatic carbocycles. The van der Waals surface area contributed by atoms with Crippen LogP contribution in [0.15, 0.2) is 115 Å². The molecular formula is C31H20N3+. The Kier molecular flexibility index (Phi) is 2.82. The monoisotopic (exact) mass is 434 g/mol. The fourth-order valence-electron chi connectivity index (χ4n) is 6.77. The van der Waals surface area contributed by atoms with Gasteiger partial charge in [-0.05, 0) is 34.4 Å². The van der Waals surface area contributed by atoms with E-state index < -0.39 is 0 Å². The van der Waals surface area contributed by atoms with Crippen LogP contribution in [0.3, 0.4) is 0 Å². The predicted molar refractivity (Wildman–Crippen MR) is 142 cm³/mol. The molecule has 0 aromatic heterocycles. The molecule has 2 atom stereocenters. The highest BCUT2D eigenvalue weighted by molar-refractivity contribution is 6.26. The number of quaternary nitrogens is 1. The van der Waals surface area contributed by atoms with Gasteiger partial charge in [0.1, 0.15) is 5.69 Å². The van der Waals surface area contributed by atoms with Crippen LogP contribution in [0.25, 0.3) is 32.3 Å². The maximum atomic E-state index is 2.62. The molecule has 0 bridgehead atoms. The summed E-state index contributed by atoms with van der Waals surface area (Å²) in [6, 6.07) is 42.3. The van der Waals surface area contributed by atoms with Crippen LogP contribution in [0.5, 0.6) is 0 Å². The van der Waals surface area contributed by atoms with E-state index in [0.29, 0.717) is 0 Å². The molecule has 6 aromatic rings. The van der Waals surface area contributed by atoms with E-state index in [1.807, 2.05) is 0 Å². The second kappa shape index (κ2) is 5.58. The molecule has 9 rings (SSSR count). The number of hydrogen-bond acceptors (Lipinski definition) is 2. The number of hydrogen-bond donors (Lipinski definition) is 0. The Morgan fingerprint density at radius 1 is 0.500 bits per heavy atom. The van der Waals surface area contributed by atoms with E-state index >= 15 is 0 Å². The largest absolute Gasteiger partial charge is 0.326 e. The van der Waals surface area contributed by atoms with Gasteiger partial charge in [0.25, 0.3) is 0 Å². The summed E-state index contributed by atoms with van der Waals surface area (Å²) in [7, 11) is 0. The summed E-state index contributed by atoms with van der Waals surface area (Å²) in [5.74, 6) is 0. The molecule has 34 heavy (non-hydrogen) atoms. The molecule has 3 nitrogen and oxygen atoms in total. The van der Waals surface area contributed by atoms with Crippen LogP contribution in [0.4, 0.5) is 28.4 Å². The molecule has 3 heterocycles. The van der Waals surface area contributed by atoms with E-state index in [9.17, 15) is 0 Å². The highest BCUT2D eigenvalue weighted by Crippen LogP contribution is 2.76. The van der Waals surface area contributed by atoms with Gasteiger partial charge in [0.2, 0.25) is 0 Å². The lowest BCUT2D eigenvalue weighted by atomic mass is 9.96. The lowest BCUT2D eigenvalue weighted by Gasteiger charge is -2.29. The Labute approximate surface area is 196 Å². The molecule has 158 valence electrons. The van der Waals surface area contributed by atoms with Gasteiger partial charge in [-0.25, -0.2) is 0 Å². The third kappa shape index (κ3) is 1.70. The zero-order chi connectivity index (χ0) is 22.0. The molecule has 0 saturated carbocycles. The second-order valence-electron chi connectivity index (χ2n) is 9.52. The van der Waals surface area contributed by atoms with Gasteiger partial charge in [-0.3, -0.25) is 4.90 Å². The molecule has 1 spiro atoms. The van der Waals surface area contributed by atoms with Gasteiger partial charge >= 0.3 is 6.29 Å². The third-order valence-corrected chi connectivity index (χ3v) is 8.05. The average molecular weight is 435 g/mol. The van der Waals surface area contributed by atoms with Crippen LogP contribution in [-0.2, 0) is 0 Å². The van der Waals surface area contributed by atoms with E-state index in [-0.39, 0.29) is 6.29 Å². The molecule has 0 radical (unpaired) electrons. The number of anilines is 3. The summed E-state index contributed by atoms with van der Waals surface area (Å²) in [6.07, 6.45) is 0.215. The maximum Gasteiger partial charge on any atom is 0.326 e. The van der Waals surface area contributed by atoms with Crippen molar-refractivity contribution in [3.8, 4) is 0 Å². The van der Waals surface area contributed by atoms with Crippen LogP contribution >= 0.6 is 0 Å². The van der Waals surface area contributed by atoms with Gasteiger partial charge in [0.15, 0.2) is 17.1 Å². The second-order valence-corrected chi connectivity index (χ2v) is 9.52. The SMILES string of the molecule is c1ccc2c(c1)N1C3N(c4cccc5ccccc45)c4c(c5ccccc5c5ccccc45)[N+]231. The van der Waals surface area contributed by atoms with E-state index in [4.69, 9.17) is 0 Å². The van der Waals surface area contributed by atoms with Crippen LogP contribution in [-0.4, -0.2) is 6.29 Å². The molecule has 3 aliphatic rings. The Morgan fingerprint density at radius 3 is 1.94 bits per heavy atom. The van der Waals surface area contributed by atoms with Crippen molar-refractivity contribution in [3.05, 3.63) is 115 Å². The van der Waals surface area contributed by atoms with E-state index in [1.165, 1.54) is 60.8 Å². The van der Waals surface area contributed by atoms with Crippen LogP contribution in [0.2, 0.25) is 0 Å². The summed E-state index contributed by atoms with van der Waals surface area (Å²) in [5, 5.41) is 10.5. The number of fused-ring (bicyclic) bond motifs is 10. The molecule has 6 aromatic carbocycles. The minimum absolute atomic E-state index is 0.215. The topological polar surface area (TPSA) is 6.25 Å². The van der Waals surface area contributed by atoms with Gasteiger partial charge in [-0.15, -0.1) is 9.60 Å². The highest BCUT2D eigenvalue weighted by atomic mass is 16.1. The average Bonchev–Trinajstić information content (AvgIpc) is 3.35. The predicted octanol–water partition coefficient (Wildman–Crippen LogP) is 7.97. The van der Waals surface area contributed by atoms with Gasteiger partial charge in [0.05, 0.1) is 5.69 Å². The number of nitrogens with zero attached hydrogens (tertiary/aromatic N) is 3. The summed E-state index contributed by atoms with van der Waals surface area (Å²) >= 11 is 0. The fraction of sp³-hybridized carbons (Fsp3) is 0.0323. The molecule has 2 unspecified atom stereocenters. The quantitative estimate of drug-likeness (QED) is 0.147. The lowest BCUT2D eigenvalue weighted by molar-refractivity contribution is 0.660. The third-order valence-electron chi connectivity index (χ3n) is 8.05. The van der Waals surface area contributed by atoms with Crippen molar-refractivity contribution in [2.45, 2.75) is 6.29 Å². The summed E-state index contributed by atoms with van der Waals surface area (Å²) < 4.78 is 0.806. The van der Waals surface area contributed by atoms with Crippen molar-refractivity contribution in [1.82, 2.24) is 4.59 Å². The highest BCUT2D eigenvalue weighted by Gasteiger charge is 2.85. The van der Waals surface area contributed by atoms with Gasteiger partial charge < -0.3 is 0 Å². The van der Waals surface area contributed by atoms with Crippen molar-refractivity contribution in [2.75, 3.05) is 9.91 Å². The number of para-hydroxylation sites is 2. The van der Waals surface area contributed by atoms with Crippen molar-refractivity contribution < 1.29 is 0 Å². The Hall–Kier alpha value is -4.34. The smallest absolute Gasteiger partial charge is 0.260 e. The zero-order valence-electron chi connectivity index (χ0n) is 18.4. The Balaban J connectivity index is 1.48. The van der Waals surface area contributed by atoms with Crippen molar-refractivity contribution in [2.24, 2.45) is 0 Å². The molecule has 1 fully saturated rings. The van der Waals surface area contributed by atoms with E-state index in [2.05, 4.69) is 125 Å². The van der Waals surface area contributed by atoms with E-state index in [0.717, 1.165) is 4.59 Å². The number of rotatable bonds is 1. The van der Waals surface area contributed by atoms with Gasteiger partial charge in [-0.2, -0.15) is 0 Å². The normalized spacial score (nSPS) is 21.2. The van der Waals surface area contributed by atoms with Crippen LogP contribution in [0, 0.1) is 0 Å². The van der Waals surface area contributed by atoms with Crippen molar-refractivity contribution >= 4 is 60.8 Å². The standard InChI is InChI=1S/C31H20N3/c1-2-12-21-20(10-1)11-9-18-26(21)32-29-24-15-5-3-13-22(24)23-14-4-6-16-25(23)30(29)34-28-19-8-7-17-27(28)33(34)31(32)34/h1-19,31H/q+1. The van der Waals surface area contributed by atoms with Gasteiger partial charge in [-0.1, -0.05) is 91.0 Å². The molecule has 0 N–H and O–H groups in total. The first-order chi connectivity index (χ1) is 16.9. The first kappa shape index (κ1) is 17.2. The maximum absolute atomic E-state index is 2.62. The van der Waals surface area contributed by atoms with Gasteiger partial charge in [0, 0.05) is 22.2 Å². The fourth-order valence-corrected chi connectivity index (χ4v) is 6.77. The number of benzene rings is 6. The molecule has 0 amide bonds. The summed E-state index contributed by atoms with van der Waals surface area (Å²) in [4.78, 5) is 2.62. The minimum Gasteiger partial charge on any atom is -0.260 e. The van der Waals surface area contributed by atoms with Crippen molar-refractivity contribution in [3.63, 3.8) is 0 Å². The molecule has 1 saturated heterocycles. The summed E-state index contributed by atoms with van der Waals surface area (Å²) in [5.41, 5.74) is 6.78. The van der Waals surface area contributed by atoms with Crippen LogP contribution in [0.1, 0.15) is 0 Å². The molecule has 3 heteroatoms. The van der Waals surface area contributed by atoms with Crippen LogP contribution < -0.4 is 14.5 Å². The molecular weight excluding hydrogens is 414 g/mol. The zero-order valence-corrected chi connectivity index (χ0v) is 18.4. The van der Waals surface area contributed by atoms with Crippen molar-refractivity contribution in [1.29, 1.82) is 0 Å². The molecule has 3 aliphatic heterocycles. The Bertz CT molecular complexity index is 1850. The minimum atomic E-state index is 0.215. The lowest BCUT2D eigenvalue weighted by Crippen LogP contribution is -2.34. The summed E-state index contributed by atoms with van der Waals surface area (Å²) in [6.45, 7) is 0.